The Morgan fingerprint density at radius 1 is 0.897 bits per heavy atom. The fourth-order valence-corrected chi connectivity index (χ4v) is 4.79. The number of piperazine rings is 1. The largest absolute Gasteiger partial charge is 0.493 e. The van der Waals surface area contributed by atoms with Crippen LogP contribution in [0.2, 0.25) is 0 Å². The highest BCUT2D eigenvalue weighted by Gasteiger charge is 2.23. The number of carbonyl (C=O) groups excluding carboxylic acids is 2. The third-order valence-electron chi connectivity index (χ3n) is 5.70. The summed E-state index contributed by atoms with van der Waals surface area (Å²) in [6.45, 7) is 7.52. The molecule has 0 aliphatic carbocycles. The molecule has 7 nitrogen and oxygen atoms in total. The van der Waals surface area contributed by atoms with Crippen molar-refractivity contribution in [1.29, 1.82) is 0 Å². The number of hydrogen-bond acceptors (Lipinski definition) is 6. The van der Waals surface area contributed by atoms with Gasteiger partial charge in [0.25, 0.3) is 0 Å². The maximum atomic E-state index is 12.5. The van der Waals surface area contributed by atoms with Crippen LogP contribution in [0.15, 0.2) is 18.2 Å². The van der Waals surface area contributed by atoms with Crippen LogP contribution >= 0.6 is 11.8 Å². The molecule has 4 rings (SSSR count). The van der Waals surface area contributed by atoms with Crippen molar-refractivity contribution in [3.63, 3.8) is 0 Å². The van der Waals surface area contributed by atoms with E-state index < -0.39 is 0 Å². The van der Waals surface area contributed by atoms with Crippen LogP contribution < -0.4 is 4.74 Å². The smallest absolute Gasteiger partial charge is 0.232 e. The minimum atomic E-state index is 0.107. The molecule has 0 radical (unpaired) electrons. The van der Waals surface area contributed by atoms with Gasteiger partial charge in [0.2, 0.25) is 11.8 Å². The lowest BCUT2D eigenvalue weighted by atomic mass is 10.1. The van der Waals surface area contributed by atoms with Crippen LogP contribution in [0.25, 0.3) is 0 Å². The van der Waals surface area contributed by atoms with Crippen molar-refractivity contribution in [2.45, 2.75) is 13.0 Å². The lowest BCUT2D eigenvalue weighted by Crippen LogP contribution is -2.49. The second kappa shape index (κ2) is 9.82. The number of thioether (sulfide) groups is 1. The monoisotopic (exact) mass is 419 g/mol. The van der Waals surface area contributed by atoms with Crippen LogP contribution in [0.5, 0.6) is 5.75 Å². The van der Waals surface area contributed by atoms with Gasteiger partial charge in [-0.1, -0.05) is 12.1 Å². The highest BCUT2D eigenvalue weighted by molar-refractivity contribution is 8.00. The molecule has 2 saturated heterocycles. The Morgan fingerprint density at radius 2 is 1.59 bits per heavy atom. The van der Waals surface area contributed by atoms with E-state index in [1.54, 1.807) is 0 Å². The summed E-state index contributed by atoms with van der Waals surface area (Å²) in [6, 6.07) is 6.47. The Morgan fingerprint density at radius 3 is 2.31 bits per heavy atom. The fourth-order valence-electron chi connectivity index (χ4n) is 3.97. The lowest BCUT2D eigenvalue weighted by molar-refractivity contribution is -0.132. The SMILES string of the molecule is O=C(CSCC(=O)N1CCN(Cc2ccc3c(c2)CCO3)CC1)N1CCOCC1. The first-order chi connectivity index (χ1) is 14.2. The highest BCUT2D eigenvalue weighted by atomic mass is 32.2. The summed E-state index contributed by atoms with van der Waals surface area (Å²) in [7, 11) is 0. The van der Waals surface area contributed by atoms with Gasteiger partial charge in [-0.3, -0.25) is 14.5 Å². The second-order valence-electron chi connectivity index (χ2n) is 7.68. The summed E-state index contributed by atoms with van der Waals surface area (Å²) in [6.07, 6.45) is 0.997. The first-order valence-electron chi connectivity index (χ1n) is 10.4. The molecule has 0 saturated carbocycles. The first-order valence-corrected chi connectivity index (χ1v) is 11.5. The summed E-state index contributed by atoms with van der Waals surface area (Å²) >= 11 is 1.42. The third kappa shape index (κ3) is 5.43. The van der Waals surface area contributed by atoms with E-state index >= 15 is 0 Å². The molecule has 2 fully saturated rings. The van der Waals surface area contributed by atoms with Gasteiger partial charge in [0.1, 0.15) is 5.75 Å². The maximum Gasteiger partial charge on any atom is 0.232 e. The molecule has 0 unspecified atom stereocenters. The molecule has 0 aromatic heterocycles. The van der Waals surface area contributed by atoms with E-state index in [0.717, 1.165) is 51.5 Å². The molecule has 158 valence electrons. The number of morpholine rings is 1. The molecule has 1 aromatic carbocycles. The van der Waals surface area contributed by atoms with Gasteiger partial charge < -0.3 is 19.3 Å². The van der Waals surface area contributed by atoms with Gasteiger partial charge in [-0.15, -0.1) is 11.8 Å². The van der Waals surface area contributed by atoms with Crippen LogP contribution in [0.1, 0.15) is 11.1 Å². The Hall–Kier alpha value is -1.77. The van der Waals surface area contributed by atoms with Gasteiger partial charge in [-0.2, -0.15) is 0 Å². The zero-order chi connectivity index (χ0) is 20.1. The standard InChI is InChI=1S/C21H29N3O4S/c25-20(15-29-16-21(26)24-8-11-27-12-9-24)23-6-4-22(5-7-23)14-17-1-2-19-18(13-17)3-10-28-19/h1-2,13H,3-12,14-16H2. The van der Waals surface area contributed by atoms with E-state index in [2.05, 4.69) is 23.1 Å². The van der Waals surface area contributed by atoms with E-state index in [0.29, 0.717) is 37.8 Å². The zero-order valence-corrected chi connectivity index (χ0v) is 17.6. The highest BCUT2D eigenvalue weighted by Crippen LogP contribution is 2.26. The number of amides is 2. The molecule has 1 aromatic rings. The fraction of sp³-hybridized carbons (Fsp3) is 0.619. The third-order valence-corrected chi connectivity index (χ3v) is 6.60. The average molecular weight is 420 g/mol. The van der Waals surface area contributed by atoms with Crippen LogP contribution in [-0.2, 0) is 27.3 Å². The molecule has 2 amide bonds. The van der Waals surface area contributed by atoms with Gasteiger partial charge in [0, 0.05) is 52.2 Å². The van der Waals surface area contributed by atoms with Crippen molar-refractivity contribution in [3.05, 3.63) is 29.3 Å². The van der Waals surface area contributed by atoms with Gasteiger partial charge in [-0.05, 0) is 17.2 Å². The Kier molecular flexibility index (Phi) is 6.94. The van der Waals surface area contributed by atoms with Gasteiger partial charge in [0.05, 0.1) is 31.3 Å². The van der Waals surface area contributed by atoms with E-state index in [-0.39, 0.29) is 11.8 Å². The normalized spacial score (nSPS) is 19.7. The molecule has 29 heavy (non-hydrogen) atoms. The zero-order valence-electron chi connectivity index (χ0n) is 16.8. The van der Waals surface area contributed by atoms with Gasteiger partial charge in [0.15, 0.2) is 0 Å². The molecule has 0 spiro atoms. The van der Waals surface area contributed by atoms with E-state index in [9.17, 15) is 9.59 Å². The minimum Gasteiger partial charge on any atom is -0.493 e. The van der Waals surface area contributed by atoms with E-state index in [1.807, 2.05) is 9.80 Å². The van der Waals surface area contributed by atoms with Crippen molar-refractivity contribution in [3.8, 4) is 5.75 Å². The summed E-state index contributed by atoms with van der Waals surface area (Å²) in [5, 5.41) is 0. The Balaban J connectivity index is 1.15. The number of fused-ring (bicyclic) bond motifs is 1. The lowest BCUT2D eigenvalue weighted by Gasteiger charge is -2.34. The van der Waals surface area contributed by atoms with Gasteiger partial charge in [-0.25, -0.2) is 0 Å². The maximum absolute atomic E-state index is 12.5. The topological polar surface area (TPSA) is 62.3 Å². The number of nitrogens with zero attached hydrogens (tertiary/aromatic N) is 3. The first kappa shape index (κ1) is 20.5. The summed E-state index contributed by atoms with van der Waals surface area (Å²) < 4.78 is 10.8. The van der Waals surface area contributed by atoms with E-state index in [1.165, 1.54) is 22.9 Å². The minimum absolute atomic E-state index is 0.107. The number of hydrogen-bond donors (Lipinski definition) is 0. The van der Waals surface area contributed by atoms with Crippen molar-refractivity contribution in [1.82, 2.24) is 14.7 Å². The molecule has 3 heterocycles. The molecular formula is C21H29N3O4S. The number of ether oxygens (including phenoxy) is 2. The van der Waals surface area contributed by atoms with Crippen LogP contribution in [0.3, 0.4) is 0 Å². The number of rotatable bonds is 6. The Labute approximate surface area is 176 Å². The summed E-state index contributed by atoms with van der Waals surface area (Å²) in [4.78, 5) is 30.8. The average Bonchev–Trinajstić information content (AvgIpc) is 3.22. The van der Waals surface area contributed by atoms with Crippen molar-refractivity contribution >= 4 is 23.6 Å². The number of carbonyl (C=O) groups is 2. The second-order valence-corrected chi connectivity index (χ2v) is 8.67. The molecule has 0 bridgehead atoms. The summed E-state index contributed by atoms with van der Waals surface area (Å²) in [5.41, 5.74) is 2.62. The van der Waals surface area contributed by atoms with Crippen molar-refractivity contribution in [2.24, 2.45) is 0 Å². The van der Waals surface area contributed by atoms with Crippen LogP contribution in [0, 0.1) is 0 Å². The molecule has 3 aliphatic heterocycles. The quantitative estimate of drug-likeness (QED) is 0.682. The Bertz CT molecular complexity index is 731. The molecule has 3 aliphatic rings. The molecule has 0 atom stereocenters. The molecular weight excluding hydrogens is 390 g/mol. The van der Waals surface area contributed by atoms with Crippen molar-refractivity contribution in [2.75, 3.05) is 70.6 Å². The summed E-state index contributed by atoms with van der Waals surface area (Å²) in [5.74, 6) is 2.01. The predicted molar refractivity (Wildman–Crippen MR) is 112 cm³/mol. The number of benzene rings is 1. The van der Waals surface area contributed by atoms with Crippen LogP contribution in [0.4, 0.5) is 0 Å². The molecule has 8 heteroatoms. The molecule has 0 N–H and O–H groups in total. The van der Waals surface area contributed by atoms with Crippen molar-refractivity contribution < 1.29 is 19.1 Å². The van der Waals surface area contributed by atoms with E-state index in [4.69, 9.17) is 9.47 Å². The predicted octanol–water partition coefficient (Wildman–Crippen LogP) is 0.858. The van der Waals surface area contributed by atoms with Crippen LogP contribution in [-0.4, -0.2) is 97.1 Å². The van der Waals surface area contributed by atoms with Gasteiger partial charge >= 0.3 is 0 Å².